The first kappa shape index (κ1) is 14.3. The van der Waals surface area contributed by atoms with Gasteiger partial charge in [-0.25, -0.2) is 9.78 Å². The number of nitrogens with one attached hydrogen (secondary N) is 2. The minimum absolute atomic E-state index is 0.177. The van der Waals surface area contributed by atoms with Gasteiger partial charge in [-0.15, -0.1) is 0 Å². The molecule has 1 fully saturated rings. The third kappa shape index (κ3) is 3.72. The molecule has 1 aliphatic rings. The normalized spacial score (nSPS) is 15.4. The third-order valence-electron chi connectivity index (χ3n) is 3.72. The fourth-order valence-corrected chi connectivity index (χ4v) is 2.58. The summed E-state index contributed by atoms with van der Waals surface area (Å²) in [4.78, 5) is 22.5. The molecule has 6 heteroatoms. The van der Waals surface area contributed by atoms with Crippen molar-refractivity contribution in [1.82, 2.24) is 15.3 Å². The van der Waals surface area contributed by atoms with E-state index in [4.69, 9.17) is 0 Å². The van der Waals surface area contributed by atoms with Gasteiger partial charge in [-0.2, -0.15) is 0 Å². The molecule has 2 amide bonds. The summed E-state index contributed by atoms with van der Waals surface area (Å²) in [6.07, 6.45) is 6.94. The summed E-state index contributed by atoms with van der Waals surface area (Å²) in [5.41, 5.74) is 0.700. The van der Waals surface area contributed by atoms with Crippen LogP contribution in [0.15, 0.2) is 48.9 Å². The Kier molecular flexibility index (Phi) is 4.48. The summed E-state index contributed by atoms with van der Waals surface area (Å²) in [6.45, 7) is 1.80. The average Bonchev–Trinajstić information content (AvgIpc) is 2.57. The van der Waals surface area contributed by atoms with E-state index in [1.165, 1.54) is 0 Å². The highest BCUT2D eigenvalue weighted by molar-refractivity contribution is 5.89. The van der Waals surface area contributed by atoms with Crippen LogP contribution in [-0.4, -0.2) is 35.1 Å². The second-order valence-electron chi connectivity index (χ2n) is 5.29. The van der Waals surface area contributed by atoms with Crippen LogP contribution < -0.4 is 15.5 Å². The molecule has 22 heavy (non-hydrogen) atoms. The van der Waals surface area contributed by atoms with Crippen molar-refractivity contribution < 1.29 is 4.79 Å². The maximum Gasteiger partial charge on any atom is 0.319 e. The third-order valence-corrected chi connectivity index (χ3v) is 3.72. The molecule has 2 N–H and O–H groups in total. The van der Waals surface area contributed by atoms with Crippen molar-refractivity contribution >= 4 is 17.5 Å². The Balaban J connectivity index is 1.47. The van der Waals surface area contributed by atoms with Gasteiger partial charge >= 0.3 is 6.03 Å². The topological polar surface area (TPSA) is 70.2 Å². The Morgan fingerprint density at radius 3 is 2.68 bits per heavy atom. The first-order valence-corrected chi connectivity index (χ1v) is 7.45. The number of rotatable bonds is 3. The van der Waals surface area contributed by atoms with Crippen molar-refractivity contribution in [2.45, 2.75) is 18.9 Å². The van der Waals surface area contributed by atoms with Crippen LogP contribution in [-0.2, 0) is 0 Å². The Morgan fingerprint density at radius 1 is 1.14 bits per heavy atom. The molecule has 0 saturated carbocycles. The molecule has 3 rings (SSSR count). The maximum absolute atomic E-state index is 12.0. The highest BCUT2D eigenvalue weighted by Crippen LogP contribution is 2.17. The number of aromatic nitrogens is 2. The fourth-order valence-electron chi connectivity index (χ4n) is 2.58. The number of piperidine rings is 1. The summed E-state index contributed by atoms with van der Waals surface area (Å²) in [5, 5.41) is 5.81. The summed E-state index contributed by atoms with van der Waals surface area (Å²) in [7, 11) is 0. The van der Waals surface area contributed by atoms with Gasteiger partial charge in [0.25, 0.3) is 0 Å². The van der Waals surface area contributed by atoms with Crippen LogP contribution in [0.3, 0.4) is 0 Å². The van der Waals surface area contributed by atoms with Crippen molar-refractivity contribution in [2.75, 3.05) is 23.3 Å². The molecule has 0 atom stereocenters. The van der Waals surface area contributed by atoms with Gasteiger partial charge in [0.2, 0.25) is 0 Å². The predicted octanol–water partition coefficient (Wildman–Crippen LogP) is 2.27. The Bertz CT molecular complexity index is 596. The van der Waals surface area contributed by atoms with Gasteiger partial charge in [0.15, 0.2) is 0 Å². The van der Waals surface area contributed by atoms with E-state index in [9.17, 15) is 4.79 Å². The number of carbonyl (C=O) groups is 1. The molecule has 0 unspecified atom stereocenters. The van der Waals surface area contributed by atoms with Crippen molar-refractivity contribution in [3.8, 4) is 0 Å². The zero-order valence-electron chi connectivity index (χ0n) is 12.3. The van der Waals surface area contributed by atoms with Crippen molar-refractivity contribution in [3.05, 3.63) is 48.9 Å². The van der Waals surface area contributed by atoms with Crippen molar-refractivity contribution in [1.29, 1.82) is 0 Å². The number of amides is 2. The van der Waals surface area contributed by atoms with E-state index < -0.39 is 0 Å². The van der Waals surface area contributed by atoms with Crippen LogP contribution in [0.25, 0.3) is 0 Å². The largest absolute Gasteiger partial charge is 0.356 e. The number of carbonyl (C=O) groups excluding carboxylic acids is 1. The molecular weight excluding hydrogens is 278 g/mol. The molecule has 0 radical (unpaired) electrons. The molecule has 3 heterocycles. The summed E-state index contributed by atoms with van der Waals surface area (Å²) < 4.78 is 0. The van der Waals surface area contributed by atoms with E-state index >= 15 is 0 Å². The Labute approximate surface area is 129 Å². The summed E-state index contributed by atoms with van der Waals surface area (Å²) >= 11 is 0. The molecule has 1 saturated heterocycles. The van der Waals surface area contributed by atoms with Gasteiger partial charge in [-0.05, 0) is 37.1 Å². The molecule has 2 aromatic rings. The predicted molar refractivity (Wildman–Crippen MR) is 85.9 cm³/mol. The second kappa shape index (κ2) is 6.89. The van der Waals surface area contributed by atoms with Gasteiger partial charge in [0, 0.05) is 31.5 Å². The zero-order valence-corrected chi connectivity index (χ0v) is 12.3. The van der Waals surface area contributed by atoms with Crippen LogP contribution in [0.4, 0.5) is 16.3 Å². The molecule has 2 aromatic heterocycles. The van der Waals surface area contributed by atoms with Gasteiger partial charge < -0.3 is 15.5 Å². The van der Waals surface area contributed by atoms with Crippen molar-refractivity contribution in [2.24, 2.45) is 0 Å². The van der Waals surface area contributed by atoms with E-state index in [2.05, 4.69) is 25.5 Å². The molecule has 0 aromatic carbocycles. The minimum Gasteiger partial charge on any atom is -0.356 e. The molecule has 0 aliphatic carbocycles. The number of anilines is 2. The quantitative estimate of drug-likeness (QED) is 0.911. The van der Waals surface area contributed by atoms with Gasteiger partial charge in [-0.3, -0.25) is 4.98 Å². The lowest BCUT2D eigenvalue weighted by Gasteiger charge is -2.33. The number of hydrogen-bond donors (Lipinski definition) is 2. The Morgan fingerprint density at radius 2 is 2.00 bits per heavy atom. The fraction of sp³-hybridized carbons (Fsp3) is 0.312. The molecule has 114 valence electrons. The number of urea groups is 1. The standard InChI is InChI=1S/C16H19N5O/c22-16(20-14-4-3-8-17-12-14)19-13-6-10-21(11-7-13)15-5-1-2-9-18-15/h1-5,8-9,12-13H,6-7,10-11H2,(H2,19,20,22). The summed E-state index contributed by atoms with van der Waals surface area (Å²) in [6, 6.07) is 9.55. The first-order chi connectivity index (χ1) is 10.8. The van der Waals surface area contributed by atoms with Crippen LogP contribution >= 0.6 is 0 Å². The lowest BCUT2D eigenvalue weighted by atomic mass is 10.1. The van der Waals surface area contributed by atoms with Crippen LogP contribution in [0.1, 0.15) is 12.8 Å². The first-order valence-electron chi connectivity index (χ1n) is 7.45. The average molecular weight is 297 g/mol. The van der Waals surface area contributed by atoms with E-state index in [1.54, 1.807) is 24.7 Å². The van der Waals surface area contributed by atoms with Gasteiger partial charge in [0.05, 0.1) is 11.9 Å². The molecule has 6 nitrogen and oxygen atoms in total. The number of pyridine rings is 2. The van der Waals surface area contributed by atoms with E-state index in [0.29, 0.717) is 5.69 Å². The van der Waals surface area contributed by atoms with Gasteiger partial charge in [0.1, 0.15) is 5.82 Å². The minimum atomic E-state index is -0.177. The van der Waals surface area contributed by atoms with Crippen molar-refractivity contribution in [3.63, 3.8) is 0 Å². The van der Waals surface area contributed by atoms with E-state index in [1.807, 2.05) is 24.3 Å². The highest BCUT2D eigenvalue weighted by atomic mass is 16.2. The highest BCUT2D eigenvalue weighted by Gasteiger charge is 2.21. The van der Waals surface area contributed by atoms with Gasteiger partial charge in [-0.1, -0.05) is 6.07 Å². The Hall–Kier alpha value is -2.63. The molecule has 0 spiro atoms. The van der Waals surface area contributed by atoms with E-state index in [-0.39, 0.29) is 12.1 Å². The number of hydrogen-bond acceptors (Lipinski definition) is 4. The van der Waals surface area contributed by atoms with Crippen LogP contribution in [0.5, 0.6) is 0 Å². The van der Waals surface area contributed by atoms with Crippen LogP contribution in [0.2, 0.25) is 0 Å². The lowest BCUT2D eigenvalue weighted by molar-refractivity contribution is 0.246. The molecular formula is C16H19N5O. The monoisotopic (exact) mass is 297 g/mol. The molecule has 1 aliphatic heterocycles. The maximum atomic E-state index is 12.0. The van der Waals surface area contributed by atoms with E-state index in [0.717, 1.165) is 31.7 Å². The zero-order chi connectivity index (χ0) is 15.2. The second-order valence-corrected chi connectivity index (χ2v) is 5.29. The smallest absolute Gasteiger partial charge is 0.319 e. The van der Waals surface area contributed by atoms with Crippen LogP contribution in [0, 0.1) is 0 Å². The molecule has 0 bridgehead atoms. The SMILES string of the molecule is O=C(Nc1cccnc1)NC1CCN(c2ccccn2)CC1. The lowest BCUT2D eigenvalue weighted by Crippen LogP contribution is -2.46. The summed E-state index contributed by atoms with van der Waals surface area (Å²) in [5.74, 6) is 1.00. The number of nitrogens with zero attached hydrogens (tertiary/aromatic N) is 3.